The van der Waals surface area contributed by atoms with E-state index in [9.17, 15) is 5.11 Å². The Labute approximate surface area is 172 Å². The SMILES string of the molecule is CCNC(=NCC(C)(O)c1ccco1)N1CCC(c2cc(OC)cc(OC)c2)C1. The summed E-state index contributed by atoms with van der Waals surface area (Å²) in [6.45, 7) is 6.46. The lowest BCUT2D eigenvalue weighted by molar-refractivity contribution is 0.0435. The molecule has 0 saturated carbocycles. The molecule has 1 saturated heterocycles. The molecule has 2 heterocycles. The Morgan fingerprint density at radius 3 is 2.62 bits per heavy atom. The summed E-state index contributed by atoms with van der Waals surface area (Å²) in [5.41, 5.74) is 0.0471. The first-order valence-corrected chi connectivity index (χ1v) is 9.99. The van der Waals surface area contributed by atoms with Crippen molar-refractivity contribution >= 4 is 5.96 Å². The summed E-state index contributed by atoms with van der Waals surface area (Å²) in [4.78, 5) is 6.93. The number of benzene rings is 1. The number of furan rings is 1. The lowest BCUT2D eigenvalue weighted by Gasteiger charge is -2.24. The van der Waals surface area contributed by atoms with Gasteiger partial charge in [-0.1, -0.05) is 0 Å². The smallest absolute Gasteiger partial charge is 0.194 e. The van der Waals surface area contributed by atoms with E-state index in [1.54, 1.807) is 39.5 Å². The number of likely N-dealkylation sites (tertiary alicyclic amines) is 1. The third-order valence-corrected chi connectivity index (χ3v) is 5.26. The minimum absolute atomic E-state index is 0.219. The Morgan fingerprint density at radius 2 is 2.03 bits per heavy atom. The van der Waals surface area contributed by atoms with Gasteiger partial charge in [0.15, 0.2) is 5.96 Å². The van der Waals surface area contributed by atoms with E-state index < -0.39 is 5.60 Å². The Balaban J connectivity index is 1.73. The Kier molecular flexibility index (Phi) is 6.69. The summed E-state index contributed by atoms with van der Waals surface area (Å²) in [5.74, 6) is 3.27. The fraction of sp³-hybridized carbons (Fsp3) is 0.500. The minimum atomic E-state index is -1.15. The van der Waals surface area contributed by atoms with Gasteiger partial charge in [-0.15, -0.1) is 0 Å². The van der Waals surface area contributed by atoms with Crippen molar-refractivity contribution in [2.75, 3.05) is 40.4 Å². The zero-order valence-electron chi connectivity index (χ0n) is 17.6. The number of hydrogen-bond donors (Lipinski definition) is 2. The van der Waals surface area contributed by atoms with Crippen molar-refractivity contribution in [3.63, 3.8) is 0 Å². The number of aliphatic imine (C=N–C) groups is 1. The van der Waals surface area contributed by atoms with Crippen molar-refractivity contribution in [2.24, 2.45) is 4.99 Å². The first-order chi connectivity index (χ1) is 14.0. The van der Waals surface area contributed by atoms with Gasteiger partial charge in [-0.25, -0.2) is 4.99 Å². The molecule has 3 rings (SSSR count). The summed E-state index contributed by atoms with van der Waals surface area (Å²) in [7, 11) is 3.33. The van der Waals surface area contributed by atoms with E-state index in [0.717, 1.165) is 43.5 Å². The molecule has 0 radical (unpaired) electrons. The van der Waals surface area contributed by atoms with Crippen molar-refractivity contribution in [3.05, 3.63) is 47.9 Å². The fourth-order valence-electron chi connectivity index (χ4n) is 3.61. The molecule has 0 amide bonds. The third kappa shape index (κ3) is 5.03. The van der Waals surface area contributed by atoms with Crippen LogP contribution in [-0.2, 0) is 5.60 Å². The number of methoxy groups -OCH3 is 2. The van der Waals surface area contributed by atoms with Gasteiger partial charge in [-0.05, 0) is 50.1 Å². The third-order valence-electron chi connectivity index (χ3n) is 5.26. The van der Waals surface area contributed by atoms with Gasteiger partial charge < -0.3 is 29.2 Å². The van der Waals surface area contributed by atoms with E-state index in [4.69, 9.17) is 18.9 Å². The zero-order valence-corrected chi connectivity index (χ0v) is 17.6. The number of hydrogen-bond acceptors (Lipinski definition) is 5. The van der Waals surface area contributed by atoms with Crippen LogP contribution in [0.15, 0.2) is 46.0 Å². The second kappa shape index (κ2) is 9.22. The minimum Gasteiger partial charge on any atom is -0.497 e. The van der Waals surface area contributed by atoms with Gasteiger partial charge in [-0.3, -0.25) is 0 Å². The van der Waals surface area contributed by atoms with Gasteiger partial charge in [0.1, 0.15) is 22.9 Å². The van der Waals surface area contributed by atoms with E-state index in [1.807, 2.05) is 13.0 Å². The van der Waals surface area contributed by atoms with Crippen molar-refractivity contribution in [1.29, 1.82) is 0 Å². The van der Waals surface area contributed by atoms with Crippen LogP contribution in [0.1, 0.15) is 37.5 Å². The summed E-state index contributed by atoms with van der Waals surface area (Å²) in [6, 6.07) is 9.57. The molecule has 2 atom stereocenters. The molecule has 2 N–H and O–H groups in total. The molecule has 2 unspecified atom stereocenters. The van der Waals surface area contributed by atoms with E-state index in [2.05, 4.69) is 22.3 Å². The quantitative estimate of drug-likeness (QED) is 0.549. The van der Waals surface area contributed by atoms with Gasteiger partial charge in [0.25, 0.3) is 0 Å². The maximum Gasteiger partial charge on any atom is 0.194 e. The topological polar surface area (TPSA) is 79.5 Å². The van der Waals surface area contributed by atoms with Gasteiger partial charge in [0, 0.05) is 31.6 Å². The first-order valence-electron chi connectivity index (χ1n) is 9.99. The maximum absolute atomic E-state index is 10.7. The van der Waals surface area contributed by atoms with Gasteiger partial charge in [0.05, 0.1) is 27.0 Å². The number of nitrogens with zero attached hydrogens (tertiary/aromatic N) is 2. The second-order valence-corrected chi connectivity index (χ2v) is 7.50. The van der Waals surface area contributed by atoms with Crippen molar-refractivity contribution in [2.45, 2.75) is 31.8 Å². The van der Waals surface area contributed by atoms with E-state index in [-0.39, 0.29) is 6.54 Å². The van der Waals surface area contributed by atoms with Gasteiger partial charge in [0.2, 0.25) is 0 Å². The molecule has 2 aromatic rings. The molecular weight excluding hydrogens is 370 g/mol. The molecule has 7 heteroatoms. The molecule has 1 aliphatic rings. The molecule has 0 aliphatic carbocycles. The summed E-state index contributed by atoms with van der Waals surface area (Å²) >= 11 is 0. The molecule has 0 bridgehead atoms. The highest BCUT2D eigenvalue weighted by atomic mass is 16.5. The monoisotopic (exact) mass is 401 g/mol. The number of aliphatic hydroxyl groups is 1. The molecule has 1 aromatic carbocycles. The number of guanidine groups is 1. The van der Waals surface area contributed by atoms with Crippen LogP contribution in [0, 0.1) is 0 Å². The van der Waals surface area contributed by atoms with Crippen LogP contribution < -0.4 is 14.8 Å². The van der Waals surface area contributed by atoms with Crippen LogP contribution >= 0.6 is 0 Å². The fourth-order valence-corrected chi connectivity index (χ4v) is 3.61. The summed E-state index contributed by atoms with van der Waals surface area (Å²) in [5, 5.41) is 14.0. The van der Waals surface area contributed by atoms with Crippen molar-refractivity contribution in [1.82, 2.24) is 10.2 Å². The van der Waals surface area contributed by atoms with E-state index in [0.29, 0.717) is 11.7 Å². The lowest BCUT2D eigenvalue weighted by atomic mass is 9.98. The van der Waals surface area contributed by atoms with Crippen LogP contribution in [0.4, 0.5) is 0 Å². The van der Waals surface area contributed by atoms with Crippen LogP contribution in [0.5, 0.6) is 11.5 Å². The average Bonchev–Trinajstić information content (AvgIpc) is 3.43. The molecule has 1 aromatic heterocycles. The normalized spacial score (nSPS) is 19.1. The molecule has 7 nitrogen and oxygen atoms in total. The van der Waals surface area contributed by atoms with E-state index >= 15 is 0 Å². The predicted molar refractivity (Wildman–Crippen MR) is 113 cm³/mol. The zero-order chi connectivity index (χ0) is 20.9. The standard InChI is InChI=1S/C22H31N3O4/c1-5-23-21(24-15-22(2,26)20-7-6-10-29-20)25-9-8-16(14-25)17-11-18(27-3)13-19(12-17)28-4/h6-7,10-13,16,26H,5,8-9,14-15H2,1-4H3,(H,23,24). The van der Waals surface area contributed by atoms with Crippen LogP contribution in [0.3, 0.4) is 0 Å². The lowest BCUT2D eigenvalue weighted by Crippen LogP contribution is -2.41. The van der Waals surface area contributed by atoms with Crippen molar-refractivity contribution in [3.8, 4) is 11.5 Å². The Morgan fingerprint density at radius 1 is 1.31 bits per heavy atom. The predicted octanol–water partition coefficient (Wildman–Crippen LogP) is 2.96. The molecule has 158 valence electrons. The molecule has 29 heavy (non-hydrogen) atoms. The number of ether oxygens (including phenoxy) is 2. The Hall–Kier alpha value is -2.67. The Bertz CT molecular complexity index is 795. The largest absolute Gasteiger partial charge is 0.497 e. The number of rotatable bonds is 7. The number of nitrogens with one attached hydrogen (secondary N) is 1. The first kappa shape index (κ1) is 21.0. The van der Waals surface area contributed by atoms with Crippen LogP contribution in [0.25, 0.3) is 0 Å². The summed E-state index contributed by atoms with van der Waals surface area (Å²) < 4.78 is 16.2. The highest BCUT2D eigenvalue weighted by Crippen LogP contribution is 2.33. The molecule has 1 aliphatic heterocycles. The molecular formula is C22H31N3O4. The molecule has 1 fully saturated rings. The highest BCUT2D eigenvalue weighted by Gasteiger charge is 2.29. The van der Waals surface area contributed by atoms with Crippen molar-refractivity contribution < 1.29 is 19.0 Å². The average molecular weight is 402 g/mol. The second-order valence-electron chi connectivity index (χ2n) is 7.50. The van der Waals surface area contributed by atoms with Crippen LogP contribution in [-0.4, -0.2) is 56.4 Å². The highest BCUT2D eigenvalue weighted by molar-refractivity contribution is 5.80. The summed E-state index contributed by atoms with van der Waals surface area (Å²) in [6.07, 6.45) is 2.57. The van der Waals surface area contributed by atoms with Crippen LogP contribution in [0.2, 0.25) is 0 Å². The van der Waals surface area contributed by atoms with Gasteiger partial charge in [-0.2, -0.15) is 0 Å². The van der Waals surface area contributed by atoms with Gasteiger partial charge >= 0.3 is 0 Å². The molecule has 0 spiro atoms. The van der Waals surface area contributed by atoms with E-state index in [1.165, 1.54) is 5.56 Å². The maximum atomic E-state index is 10.7.